The molecule has 0 aromatic rings. The maximum atomic E-state index is 12.3. The largest absolute Gasteiger partial charge is 0.444 e. The van der Waals surface area contributed by atoms with E-state index in [-0.39, 0.29) is 23.7 Å². The van der Waals surface area contributed by atoms with E-state index in [2.05, 4.69) is 26.1 Å². The van der Waals surface area contributed by atoms with E-state index < -0.39 is 5.60 Å². The maximum absolute atomic E-state index is 12.3. The molecule has 1 amide bonds. The number of carbonyl (C=O) groups is 1. The molecule has 1 aliphatic carbocycles. The molecular formula is C18H34N2O3. The summed E-state index contributed by atoms with van der Waals surface area (Å²) in [6, 6.07) is 0.921. The third-order valence-electron chi connectivity index (χ3n) is 5.33. The van der Waals surface area contributed by atoms with Gasteiger partial charge in [0.2, 0.25) is 0 Å². The summed E-state index contributed by atoms with van der Waals surface area (Å²) < 4.78 is 5.53. The first-order valence-electron chi connectivity index (χ1n) is 8.94. The van der Waals surface area contributed by atoms with E-state index in [1.165, 1.54) is 0 Å². The Morgan fingerprint density at radius 2 is 2.09 bits per heavy atom. The van der Waals surface area contributed by atoms with Crippen LogP contribution in [0.4, 0.5) is 4.79 Å². The van der Waals surface area contributed by atoms with Gasteiger partial charge in [-0.15, -0.1) is 0 Å². The summed E-state index contributed by atoms with van der Waals surface area (Å²) in [5, 5.41) is 13.5. The van der Waals surface area contributed by atoms with E-state index in [1.807, 2.05) is 25.7 Å². The number of aliphatic hydroxyl groups excluding tert-OH is 1. The van der Waals surface area contributed by atoms with Gasteiger partial charge in [0.1, 0.15) is 5.60 Å². The van der Waals surface area contributed by atoms with E-state index in [1.54, 1.807) is 0 Å². The van der Waals surface area contributed by atoms with Crippen molar-refractivity contribution in [1.29, 1.82) is 0 Å². The monoisotopic (exact) mass is 326 g/mol. The molecule has 2 aliphatic rings. The van der Waals surface area contributed by atoms with Crippen molar-refractivity contribution in [2.45, 2.75) is 97.1 Å². The molecular weight excluding hydrogens is 292 g/mol. The molecule has 5 nitrogen and oxygen atoms in total. The minimum atomic E-state index is -0.444. The van der Waals surface area contributed by atoms with Crippen LogP contribution in [-0.2, 0) is 4.74 Å². The summed E-state index contributed by atoms with van der Waals surface area (Å²) in [4.78, 5) is 14.2. The van der Waals surface area contributed by atoms with Gasteiger partial charge in [-0.1, -0.05) is 13.8 Å². The highest BCUT2D eigenvalue weighted by atomic mass is 16.6. The topological polar surface area (TPSA) is 61.8 Å². The lowest BCUT2D eigenvalue weighted by Gasteiger charge is -2.51. The van der Waals surface area contributed by atoms with Crippen LogP contribution in [0.5, 0.6) is 0 Å². The Morgan fingerprint density at radius 1 is 1.43 bits per heavy atom. The smallest absolute Gasteiger partial charge is 0.410 e. The Morgan fingerprint density at radius 3 is 2.61 bits per heavy atom. The van der Waals surface area contributed by atoms with Gasteiger partial charge in [-0.05, 0) is 53.4 Å². The molecule has 2 fully saturated rings. The number of rotatable bonds is 4. The molecule has 0 radical (unpaired) electrons. The molecule has 4 atom stereocenters. The zero-order valence-electron chi connectivity index (χ0n) is 15.6. The number of nitrogens with zero attached hydrogens (tertiary/aromatic N) is 1. The fraction of sp³-hybridized carbons (Fsp3) is 0.944. The molecule has 0 aromatic carbocycles. The molecule has 23 heavy (non-hydrogen) atoms. The van der Waals surface area contributed by atoms with Gasteiger partial charge < -0.3 is 20.1 Å². The van der Waals surface area contributed by atoms with E-state index in [9.17, 15) is 9.90 Å². The van der Waals surface area contributed by atoms with Crippen molar-refractivity contribution in [3.8, 4) is 0 Å². The highest BCUT2D eigenvalue weighted by molar-refractivity contribution is 5.68. The van der Waals surface area contributed by atoms with Crippen molar-refractivity contribution in [3.63, 3.8) is 0 Å². The molecule has 1 saturated carbocycles. The standard InChI is InChI=1S/C18H34N2O3/c1-12(19-14-11-15(21)18(14,5)6)10-13-8-7-9-20(13)16(22)23-17(2,3)4/h12-15,19,21H,7-11H2,1-6H3. The molecule has 0 spiro atoms. The summed E-state index contributed by atoms with van der Waals surface area (Å²) in [6.45, 7) is 12.9. The van der Waals surface area contributed by atoms with Crippen LogP contribution in [0.2, 0.25) is 0 Å². The van der Waals surface area contributed by atoms with Crippen molar-refractivity contribution >= 4 is 6.09 Å². The molecule has 2 rings (SSSR count). The minimum absolute atomic E-state index is 0.0607. The van der Waals surface area contributed by atoms with E-state index in [4.69, 9.17) is 4.74 Å². The number of aliphatic hydroxyl groups is 1. The molecule has 1 saturated heterocycles. The van der Waals surface area contributed by atoms with Gasteiger partial charge in [-0.2, -0.15) is 0 Å². The highest BCUT2D eigenvalue weighted by Gasteiger charge is 2.47. The Kier molecular flexibility index (Phi) is 5.31. The average Bonchev–Trinajstić information content (AvgIpc) is 2.84. The number of amides is 1. The van der Waals surface area contributed by atoms with Crippen LogP contribution in [-0.4, -0.2) is 52.5 Å². The lowest BCUT2D eigenvalue weighted by molar-refractivity contribution is -0.0760. The molecule has 1 heterocycles. The van der Waals surface area contributed by atoms with Gasteiger partial charge in [-0.3, -0.25) is 0 Å². The zero-order valence-corrected chi connectivity index (χ0v) is 15.6. The summed E-state index contributed by atoms with van der Waals surface area (Å²) >= 11 is 0. The molecule has 0 aromatic heterocycles. The third-order valence-corrected chi connectivity index (χ3v) is 5.33. The van der Waals surface area contributed by atoms with Crippen LogP contribution < -0.4 is 5.32 Å². The normalized spacial score (nSPS) is 31.6. The predicted molar refractivity (Wildman–Crippen MR) is 91.4 cm³/mol. The van der Waals surface area contributed by atoms with Crippen LogP contribution in [0.1, 0.15) is 67.2 Å². The highest BCUT2D eigenvalue weighted by Crippen LogP contribution is 2.40. The van der Waals surface area contributed by atoms with Crippen LogP contribution in [0.3, 0.4) is 0 Å². The Hall–Kier alpha value is -0.810. The second-order valence-electron chi connectivity index (χ2n) is 8.90. The van der Waals surface area contributed by atoms with Crippen LogP contribution in [0, 0.1) is 5.41 Å². The Bertz CT molecular complexity index is 430. The first-order valence-corrected chi connectivity index (χ1v) is 8.94. The second kappa shape index (κ2) is 6.60. The van der Waals surface area contributed by atoms with Gasteiger partial charge in [0.05, 0.1) is 6.10 Å². The van der Waals surface area contributed by atoms with E-state index >= 15 is 0 Å². The van der Waals surface area contributed by atoms with Crippen LogP contribution in [0.15, 0.2) is 0 Å². The summed E-state index contributed by atoms with van der Waals surface area (Å²) in [5.41, 5.74) is -0.505. The fourth-order valence-electron chi connectivity index (χ4n) is 3.65. The van der Waals surface area contributed by atoms with Crippen LogP contribution >= 0.6 is 0 Å². The second-order valence-corrected chi connectivity index (χ2v) is 8.90. The van der Waals surface area contributed by atoms with Gasteiger partial charge in [0.25, 0.3) is 0 Å². The molecule has 0 bridgehead atoms. The predicted octanol–water partition coefficient (Wildman–Crippen LogP) is 2.91. The summed E-state index contributed by atoms with van der Waals surface area (Å²) in [5.74, 6) is 0. The SMILES string of the molecule is CC(CC1CCCN1C(=O)OC(C)(C)C)NC1CC(O)C1(C)C. The molecule has 1 aliphatic heterocycles. The molecule has 134 valence electrons. The van der Waals surface area contributed by atoms with Gasteiger partial charge in [0.15, 0.2) is 0 Å². The van der Waals surface area contributed by atoms with Gasteiger partial charge in [0, 0.05) is 30.1 Å². The lowest BCUT2D eigenvalue weighted by Crippen LogP contribution is -2.62. The van der Waals surface area contributed by atoms with Crippen molar-refractivity contribution in [3.05, 3.63) is 0 Å². The number of nitrogens with one attached hydrogen (secondary N) is 1. The van der Waals surface area contributed by atoms with Crippen molar-refractivity contribution in [1.82, 2.24) is 10.2 Å². The van der Waals surface area contributed by atoms with Gasteiger partial charge >= 0.3 is 6.09 Å². The average molecular weight is 326 g/mol. The van der Waals surface area contributed by atoms with E-state index in [0.29, 0.717) is 12.1 Å². The summed E-state index contributed by atoms with van der Waals surface area (Å²) in [7, 11) is 0. The van der Waals surface area contributed by atoms with Crippen LogP contribution in [0.25, 0.3) is 0 Å². The minimum Gasteiger partial charge on any atom is -0.444 e. The van der Waals surface area contributed by atoms with Crippen molar-refractivity contribution < 1.29 is 14.6 Å². The zero-order chi connectivity index (χ0) is 17.4. The van der Waals surface area contributed by atoms with Crippen molar-refractivity contribution in [2.24, 2.45) is 5.41 Å². The number of ether oxygens (including phenoxy) is 1. The molecule has 5 heteroatoms. The quantitative estimate of drug-likeness (QED) is 0.834. The Balaban J connectivity index is 1.85. The third kappa shape index (κ3) is 4.38. The fourth-order valence-corrected chi connectivity index (χ4v) is 3.65. The number of carbonyl (C=O) groups excluding carboxylic acids is 1. The molecule has 2 N–H and O–H groups in total. The maximum Gasteiger partial charge on any atom is 0.410 e. The Labute approximate surface area is 140 Å². The first-order chi connectivity index (χ1) is 10.5. The lowest BCUT2D eigenvalue weighted by atomic mass is 9.64. The van der Waals surface area contributed by atoms with Crippen molar-refractivity contribution in [2.75, 3.05) is 6.54 Å². The number of hydrogen-bond donors (Lipinski definition) is 2. The van der Waals surface area contributed by atoms with Gasteiger partial charge in [-0.25, -0.2) is 4.79 Å². The molecule has 4 unspecified atom stereocenters. The number of likely N-dealkylation sites (tertiary alicyclic amines) is 1. The first kappa shape index (κ1) is 18.5. The van der Waals surface area contributed by atoms with E-state index in [0.717, 1.165) is 32.2 Å². The summed E-state index contributed by atoms with van der Waals surface area (Å²) in [6.07, 6.45) is 3.44. The number of hydrogen-bond acceptors (Lipinski definition) is 4.